The van der Waals surface area contributed by atoms with Crippen molar-refractivity contribution in [2.24, 2.45) is 0 Å². The van der Waals surface area contributed by atoms with Crippen LogP contribution in [0.25, 0.3) is 6.08 Å². The van der Waals surface area contributed by atoms with Crippen molar-refractivity contribution in [2.75, 3.05) is 13.1 Å². The molecule has 2 aliphatic heterocycles. The van der Waals surface area contributed by atoms with Gasteiger partial charge in [0.2, 0.25) is 0 Å². The number of fused-ring (bicyclic) bond motifs is 1. The summed E-state index contributed by atoms with van der Waals surface area (Å²) in [5, 5.41) is 14.6. The van der Waals surface area contributed by atoms with E-state index in [2.05, 4.69) is 10.6 Å². The van der Waals surface area contributed by atoms with Crippen molar-refractivity contribution < 1.29 is 19.5 Å². The lowest BCUT2D eigenvalue weighted by Gasteiger charge is -2.41. The molecule has 22 heavy (non-hydrogen) atoms. The van der Waals surface area contributed by atoms with Gasteiger partial charge in [0.05, 0.1) is 5.56 Å². The molecule has 0 bridgehead atoms. The number of hydrogen-bond acceptors (Lipinski definition) is 5. The minimum atomic E-state index is -0.632. The van der Waals surface area contributed by atoms with E-state index in [1.54, 1.807) is 18.2 Å². The molecule has 7 heteroatoms. The summed E-state index contributed by atoms with van der Waals surface area (Å²) in [6.45, 7) is 1.60. The highest BCUT2D eigenvalue weighted by Crippen LogP contribution is 2.32. The summed E-state index contributed by atoms with van der Waals surface area (Å²) >= 11 is 0. The Morgan fingerprint density at radius 1 is 1.36 bits per heavy atom. The number of benzene rings is 1. The number of carbonyl (C=O) groups is 2. The Balaban J connectivity index is 1.85. The van der Waals surface area contributed by atoms with Crippen LogP contribution in [-0.4, -0.2) is 35.8 Å². The first-order chi connectivity index (χ1) is 10.6. The molecular formula is C15H17N3O4. The molecule has 0 atom stereocenters. The van der Waals surface area contributed by atoms with E-state index in [9.17, 15) is 9.59 Å². The van der Waals surface area contributed by atoms with E-state index in [1.807, 2.05) is 0 Å². The maximum Gasteiger partial charge on any atom is 0.267 e. The van der Waals surface area contributed by atoms with Gasteiger partial charge in [-0.3, -0.25) is 14.8 Å². The third-order valence-electron chi connectivity index (χ3n) is 3.84. The van der Waals surface area contributed by atoms with Crippen LogP contribution in [0.5, 0.6) is 5.75 Å². The second-order valence-electron chi connectivity index (χ2n) is 5.37. The van der Waals surface area contributed by atoms with Gasteiger partial charge in [-0.1, -0.05) is 6.07 Å². The molecule has 1 aromatic carbocycles. The van der Waals surface area contributed by atoms with E-state index in [-0.39, 0.29) is 5.91 Å². The lowest BCUT2D eigenvalue weighted by atomic mass is 9.97. The summed E-state index contributed by atoms with van der Waals surface area (Å²) in [4.78, 5) is 23.3. The number of carbonyl (C=O) groups excluding carboxylic acids is 2. The Kier molecular flexibility index (Phi) is 3.82. The van der Waals surface area contributed by atoms with Crippen LogP contribution in [0.1, 0.15) is 28.8 Å². The maximum atomic E-state index is 12.4. The fraction of sp³-hybridized carbons (Fsp3) is 0.333. The minimum absolute atomic E-state index is 0.176. The quantitative estimate of drug-likeness (QED) is 0.360. The highest BCUT2D eigenvalue weighted by atomic mass is 16.5. The van der Waals surface area contributed by atoms with Gasteiger partial charge in [-0.25, -0.2) is 5.48 Å². The second-order valence-corrected chi connectivity index (χ2v) is 5.37. The first-order valence-electron chi connectivity index (χ1n) is 7.10. The van der Waals surface area contributed by atoms with Crippen LogP contribution in [0.2, 0.25) is 0 Å². The van der Waals surface area contributed by atoms with Gasteiger partial charge in [-0.15, -0.1) is 0 Å². The molecule has 1 aromatic rings. The molecule has 0 saturated carbocycles. The van der Waals surface area contributed by atoms with Crippen molar-refractivity contribution >= 4 is 17.9 Å². The lowest BCUT2D eigenvalue weighted by Crippen LogP contribution is -2.60. The normalized spacial score (nSPS) is 19.4. The van der Waals surface area contributed by atoms with Gasteiger partial charge in [0.1, 0.15) is 5.75 Å². The summed E-state index contributed by atoms with van der Waals surface area (Å²) in [6.07, 6.45) is 4.12. The molecule has 3 rings (SSSR count). The summed E-state index contributed by atoms with van der Waals surface area (Å²) in [7, 11) is 0. The van der Waals surface area contributed by atoms with Crippen molar-refractivity contribution in [3.05, 3.63) is 35.4 Å². The van der Waals surface area contributed by atoms with Gasteiger partial charge >= 0.3 is 0 Å². The zero-order valence-corrected chi connectivity index (χ0v) is 11.9. The van der Waals surface area contributed by atoms with Crippen LogP contribution in [-0.2, 0) is 4.79 Å². The van der Waals surface area contributed by atoms with Crippen LogP contribution in [0.3, 0.4) is 0 Å². The molecule has 4 N–H and O–H groups in total. The van der Waals surface area contributed by atoms with E-state index < -0.39 is 11.6 Å². The Hall–Kier alpha value is -2.38. The number of hydroxylamine groups is 1. The Bertz CT molecular complexity index is 636. The van der Waals surface area contributed by atoms with Crippen molar-refractivity contribution in [3.8, 4) is 5.75 Å². The summed E-state index contributed by atoms with van der Waals surface area (Å²) < 4.78 is 6.02. The molecule has 1 saturated heterocycles. The van der Waals surface area contributed by atoms with Gasteiger partial charge in [-0.2, -0.15) is 0 Å². The summed E-state index contributed by atoms with van der Waals surface area (Å²) in [5.74, 6) is -0.258. The molecule has 0 aromatic heterocycles. The van der Waals surface area contributed by atoms with Crippen molar-refractivity contribution in [3.63, 3.8) is 0 Å². The van der Waals surface area contributed by atoms with E-state index in [0.717, 1.165) is 25.9 Å². The number of nitrogens with one attached hydrogen (secondary N) is 3. The third-order valence-corrected chi connectivity index (χ3v) is 3.84. The molecular weight excluding hydrogens is 286 g/mol. The second kappa shape index (κ2) is 5.78. The Labute approximate surface area is 127 Å². The SMILES string of the molecule is O=C(C=Cc1ccc2c(c1)C(=O)NC1(CCNCC1)O2)NO. The van der Waals surface area contributed by atoms with Gasteiger partial charge in [0.25, 0.3) is 11.8 Å². The van der Waals surface area contributed by atoms with Crippen LogP contribution in [0.15, 0.2) is 24.3 Å². The Morgan fingerprint density at radius 2 is 2.14 bits per heavy atom. The number of hydrogen-bond donors (Lipinski definition) is 4. The molecule has 0 unspecified atom stereocenters. The lowest BCUT2D eigenvalue weighted by molar-refractivity contribution is -0.124. The smallest absolute Gasteiger partial charge is 0.267 e. The van der Waals surface area contributed by atoms with Crippen molar-refractivity contribution in [1.82, 2.24) is 16.1 Å². The molecule has 2 amide bonds. The molecule has 2 heterocycles. The van der Waals surface area contributed by atoms with Gasteiger partial charge in [-0.05, 0) is 23.8 Å². The van der Waals surface area contributed by atoms with E-state index >= 15 is 0 Å². The Morgan fingerprint density at radius 3 is 2.86 bits per heavy atom. The standard InChI is InChI=1S/C15H17N3O4/c19-13(18-21)4-2-10-1-3-12-11(9-10)14(20)17-15(22-12)5-7-16-8-6-15/h1-4,9,16,21H,5-8H2,(H,17,20)(H,18,19). The first-order valence-corrected chi connectivity index (χ1v) is 7.10. The van der Waals surface area contributed by atoms with Gasteiger partial charge in [0.15, 0.2) is 5.72 Å². The minimum Gasteiger partial charge on any atom is -0.467 e. The summed E-state index contributed by atoms with van der Waals surface area (Å²) in [5.41, 5.74) is 2.00. The predicted molar refractivity (Wildman–Crippen MR) is 78.3 cm³/mol. The number of rotatable bonds is 2. The van der Waals surface area contributed by atoms with Crippen LogP contribution in [0.4, 0.5) is 0 Å². The van der Waals surface area contributed by atoms with Crippen LogP contribution >= 0.6 is 0 Å². The van der Waals surface area contributed by atoms with Gasteiger partial charge < -0.3 is 15.4 Å². The summed E-state index contributed by atoms with van der Waals surface area (Å²) in [6, 6.07) is 5.14. The molecule has 1 spiro atoms. The molecule has 2 aliphatic rings. The number of ether oxygens (including phenoxy) is 1. The average Bonchev–Trinajstić information content (AvgIpc) is 2.53. The zero-order chi connectivity index (χ0) is 15.6. The van der Waals surface area contributed by atoms with E-state index in [0.29, 0.717) is 16.9 Å². The molecule has 7 nitrogen and oxygen atoms in total. The maximum absolute atomic E-state index is 12.4. The average molecular weight is 303 g/mol. The first kappa shape index (κ1) is 14.6. The van der Waals surface area contributed by atoms with Crippen LogP contribution < -0.4 is 20.9 Å². The molecule has 1 fully saturated rings. The van der Waals surface area contributed by atoms with E-state index in [1.165, 1.54) is 17.6 Å². The fourth-order valence-corrected chi connectivity index (χ4v) is 2.69. The number of piperidine rings is 1. The van der Waals surface area contributed by atoms with Gasteiger partial charge in [0, 0.05) is 32.0 Å². The molecule has 116 valence electrons. The highest BCUT2D eigenvalue weighted by Gasteiger charge is 2.40. The molecule has 0 radical (unpaired) electrons. The van der Waals surface area contributed by atoms with E-state index in [4.69, 9.17) is 9.94 Å². The van der Waals surface area contributed by atoms with Crippen molar-refractivity contribution in [2.45, 2.75) is 18.6 Å². The van der Waals surface area contributed by atoms with Crippen molar-refractivity contribution in [1.29, 1.82) is 0 Å². The topological polar surface area (TPSA) is 99.7 Å². The molecule has 0 aliphatic carbocycles. The largest absolute Gasteiger partial charge is 0.467 e. The highest BCUT2D eigenvalue weighted by molar-refractivity contribution is 5.99. The number of amides is 2. The third kappa shape index (κ3) is 2.81. The fourth-order valence-electron chi connectivity index (χ4n) is 2.69. The predicted octanol–water partition coefficient (Wildman–Crippen LogP) is 0.407. The monoisotopic (exact) mass is 303 g/mol. The zero-order valence-electron chi connectivity index (χ0n) is 11.9. The van der Waals surface area contributed by atoms with Crippen LogP contribution in [0, 0.1) is 0 Å².